The van der Waals surface area contributed by atoms with Crippen LogP contribution in [0.2, 0.25) is 0 Å². The quantitative estimate of drug-likeness (QED) is 0.927. The third-order valence-electron chi connectivity index (χ3n) is 3.45. The van der Waals surface area contributed by atoms with E-state index in [0.717, 1.165) is 24.3 Å². The maximum absolute atomic E-state index is 12.4. The number of hydrogen-bond donors (Lipinski definition) is 1. The van der Waals surface area contributed by atoms with Gasteiger partial charge in [-0.15, -0.1) is 0 Å². The Morgan fingerprint density at radius 3 is 2.43 bits per heavy atom. The molecular formula is C14H15F3N2O2. The molecule has 1 aliphatic rings. The highest BCUT2D eigenvalue weighted by atomic mass is 19.4. The van der Waals surface area contributed by atoms with E-state index in [1.807, 2.05) is 0 Å². The van der Waals surface area contributed by atoms with Gasteiger partial charge in [-0.1, -0.05) is 0 Å². The highest BCUT2D eigenvalue weighted by Crippen LogP contribution is 2.29. The molecule has 1 N–H and O–H groups in total. The molecule has 4 nitrogen and oxygen atoms in total. The third kappa shape index (κ3) is 3.74. The first-order valence-electron chi connectivity index (χ1n) is 6.47. The number of rotatable bonds is 3. The van der Waals surface area contributed by atoms with Crippen LogP contribution in [0.1, 0.15) is 22.3 Å². The second kappa shape index (κ2) is 5.75. The molecule has 1 heterocycles. The molecule has 0 aliphatic carbocycles. The van der Waals surface area contributed by atoms with Crippen LogP contribution in [0, 0.1) is 5.92 Å². The Morgan fingerprint density at radius 1 is 1.33 bits per heavy atom. The molecular weight excluding hydrogens is 285 g/mol. The number of likely N-dealkylation sites (tertiary alicyclic amines) is 1. The molecule has 0 spiro atoms. The predicted molar refractivity (Wildman–Crippen MR) is 69.5 cm³/mol. The summed E-state index contributed by atoms with van der Waals surface area (Å²) in [6.07, 6.45) is -4.03. The molecule has 21 heavy (non-hydrogen) atoms. The monoisotopic (exact) mass is 300 g/mol. The van der Waals surface area contributed by atoms with Gasteiger partial charge >= 0.3 is 6.18 Å². The van der Waals surface area contributed by atoms with Crippen LogP contribution in [0.25, 0.3) is 0 Å². The molecule has 2 rings (SSSR count). The van der Waals surface area contributed by atoms with E-state index in [2.05, 4.69) is 5.32 Å². The van der Waals surface area contributed by atoms with E-state index in [4.69, 9.17) is 0 Å². The summed E-state index contributed by atoms with van der Waals surface area (Å²) in [4.78, 5) is 24.8. The molecule has 0 aromatic heterocycles. The van der Waals surface area contributed by atoms with E-state index in [0.29, 0.717) is 19.5 Å². The van der Waals surface area contributed by atoms with Crippen molar-refractivity contribution >= 4 is 11.8 Å². The van der Waals surface area contributed by atoms with Crippen LogP contribution in [0.5, 0.6) is 0 Å². The summed E-state index contributed by atoms with van der Waals surface area (Å²) < 4.78 is 37.2. The Morgan fingerprint density at radius 2 is 1.95 bits per heavy atom. The van der Waals surface area contributed by atoms with Crippen LogP contribution < -0.4 is 5.32 Å². The second-order valence-corrected chi connectivity index (χ2v) is 5.13. The van der Waals surface area contributed by atoms with Crippen LogP contribution in [0.4, 0.5) is 13.2 Å². The molecule has 7 heteroatoms. The van der Waals surface area contributed by atoms with E-state index >= 15 is 0 Å². The van der Waals surface area contributed by atoms with Gasteiger partial charge in [0, 0.05) is 38.0 Å². The Kier molecular flexibility index (Phi) is 4.20. The fourth-order valence-corrected chi connectivity index (χ4v) is 2.24. The number of carbonyl (C=O) groups is 2. The Hall–Kier alpha value is -2.05. The number of halogens is 3. The van der Waals surface area contributed by atoms with Gasteiger partial charge in [0.1, 0.15) is 0 Å². The van der Waals surface area contributed by atoms with Crippen molar-refractivity contribution in [3.05, 3.63) is 35.4 Å². The normalized spacial score (nSPS) is 19.0. The lowest BCUT2D eigenvalue weighted by Crippen LogP contribution is -2.30. The minimum Gasteiger partial charge on any atom is -0.352 e. The zero-order valence-corrected chi connectivity index (χ0v) is 11.4. The van der Waals surface area contributed by atoms with Crippen LogP contribution >= 0.6 is 0 Å². The molecule has 0 saturated carbocycles. The van der Waals surface area contributed by atoms with Gasteiger partial charge in [0.25, 0.3) is 5.91 Å². The number of amides is 2. The summed E-state index contributed by atoms with van der Waals surface area (Å²) >= 11 is 0. The minimum atomic E-state index is -4.41. The van der Waals surface area contributed by atoms with E-state index < -0.39 is 17.6 Å². The first-order chi connectivity index (χ1) is 9.77. The molecule has 0 radical (unpaired) electrons. The standard InChI is InChI=1S/C14H15F3N2O2/c1-19-8-9(6-12(19)20)7-18-13(21)10-2-4-11(5-3-10)14(15,16)17/h2-5,9H,6-8H2,1H3,(H,18,21). The maximum atomic E-state index is 12.4. The molecule has 1 aromatic rings. The average molecular weight is 300 g/mol. The lowest BCUT2D eigenvalue weighted by atomic mass is 10.1. The van der Waals surface area contributed by atoms with Gasteiger partial charge in [0.2, 0.25) is 5.91 Å². The molecule has 1 aliphatic heterocycles. The van der Waals surface area contributed by atoms with Crippen LogP contribution in [-0.4, -0.2) is 36.9 Å². The molecule has 114 valence electrons. The number of nitrogens with zero attached hydrogens (tertiary/aromatic N) is 1. The van der Waals surface area contributed by atoms with E-state index in [1.165, 1.54) is 0 Å². The average Bonchev–Trinajstić information content (AvgIpc) is 2.74. The van der Waals surface area contributed by atoms with Gasteiger partial charge in [-0.3, -0.25) is 9.59 Å². The first-order valence-corrected chi connectivity index (χ1v) is 6.47. The molecule has 1 fully saturated rings. The first kappa shape index (κ1) is 15.3. The van der Waals surface area contributed by atoms with Gasteiger partial charge in [-0.25, -0.2) is 0 Å². The Labute approximate surface area is 119 Å². The summed E-state index contributed by atoms with van der Waals surface area (Å²) in [5.41, 5.74) is -0.622. The van der Waals surface area contributed by atoms with Crippen LogP contribution in [0.15, 0.2) is 24.3 Å². The Bertz CT molecular complexity index is 540. The number of carbonyl (C=O) groups excluding carboxylic acids is 2. The highest BCUT2D eigenvalue weighted by molar-refractivity contribution is 5.94. The smallest absolute Gasteiger partial charge is 0.352 e. The van der Waals surface area contributed by atoms with E-state index in [9.17, 15) is 22.8 Å². The van der Waals surface area contributed by atoms with Crippen molar-refractivity contribution < 1.29 is 22.8 Å². The van der Waals surface area contributed by atoms with Crippen molar-refractivity contribution in [2.45, 2.75) is 12.6 Å². The largest absolute Gasteiger partial charge is 0.416 e. The van der Waals surface area contributed by atoms with Gasteiger partial charge in [0.05, 0.1) is 5.56 Å². The molecule has 1 aromatic carbocycles. The highest BCUT2D eigenvalue weighted by Gasteiger charge is 2.30. The summed E-state index contributed by atoms with van der Waals surface area (Å²) in [5, 5.41) is 2.64. The fraction of sp³-hybridized carbons (Fsp3) is 0.429. The fourth-order valence-electron chi connectivity index (χ4n) is 2.24. The van der Waals surface area contributed by atoms with Crippen LogP contribution in [-0.2, 0) is 11.0 Å². The molecule has 1 saturated heterocycles. The lowest BCUT2D eigenvalue weighted by Gasteiger charge is -2.12. The van der Waals surface area contributed by atoms with Crippen molar-refractivity contribution in [3.63, 3.8) is 0 Å². The number of nitrogens with one attached hydrogen (secondary N) is 1. The predicted octanol–water partition coefficient (Wildman–Crippen LogP) is 1.91. The van der Waals surface area contributed by atoms with Crippen molar-refractivity contribution in [2.24, 2.45) is 5.92 Å². The summed E-state index contributed by atoms with van der Waals surface area (Å²) in [6.45, 7) is 0.905. The number of alkyl halides is 3. The van der Waals surface area contributed by atoms with Gasteiger partial charge in [-0.05, 0) is 24.3 Å². The minimum absolute atomic E-state index is 0.0313. The Balaban J connectivity index is 1.90. The molecule has 1 atom stereocenters. The zero-order chi connectivity index (χ0) is 15.6. The van der Waals surface area contributed by atoms with Crippen molar-refractivity contribution in [2.75, 3.05) is 20.1 Å². The van der Waals surface area contributed by atoms with Gasteiger partial charge < -0.3 is 10.2 Å². The summed E-state index contributed by atoms with van der Waals surface area (Å²) in [6, 6.07) is 4.04. The summed E-state index contributed by atoms with van der Waals surface area (Å²) in [7, 11) is 1.69. The number of hydrogen-bond acceptors (Lipinski definition) is 2. The summed E-state index contributed by atoms with van der Waals surface area (Å²) in [5.74, 6) is -0.365. The SMILES string of the molecule is CN1CC(CNC(=O)c2ccc(C(F)(F)F)cc2)CC1=O. The number of benzene rings is 1. The molecule has 1 unspecified atom stereocenters. The van der Waals surface area contributed by atoms with Crippen molar-refractivity contribution in [1.29, 1.82) is 0 Å². The lowest BCUT2D eigenvalue weighted by molar-refractivity contribution is -0.137. The van der Waals surface area contributed by atoms with Gasteiger partial charge in [0.15, 0.2) is 0 Å². The zero-order valence-electron chi connectivity index (χ0n) is 11.4. The maximum Gasteiger partial charge on any atom is 0.416 e. The van der Waals surface area contributed by atoms with E-state index in [-0.39, 0.29) is 17.4 Å². The second-order valence-electron chi connectivity index (χ2n) is 5.13. The van der Waals surface area contributed by atoms with Crippen molar-refractivity contribution in [3.8, 4) is 0 Å². The van der Waals surface area contributed by atoms with Gasteiger partial charge in [-0.2, -0.15) is 13.2 Å². The topological polar surface area (TPSA) is 49.4 Å². The van der Waals surface area contributed by atoms with E-state index in [1.54, 1.807) is 11.9 Å². The molecule has 2 amide bonds. The molecule has 0 bridgehead atoms. The van der Waals surface area contributed by atoms with Crippen molar-refractivity contribution in [1.82, 2.24) is 10.2 Å². The van der Waals surface area contributed by atoms with Crippen LogP contribution in [0.3, 0.4) is 0 Å². The third-order valence-corrected chi connectivity index (χ3v) is 3.45.